The van der Waals surface area contributed by atoms with Crippen LogP contribution in [0.1, 0.15) is 32.5 Å². The molecule has 3 heterocycles. The molecule has 8 nitrogen and oxygen atoms in total. The van der Waals surface area contributed by atoms with Crippen LogP contribution >= 0.6 is 11.8 Å². The molecule has 0 aliphatic carbocycles. The third kappa shape index (κ3) is 6.03. The van der Waals surface area contributed by atoms with Crippen molar-refractivity contribution >= 4 is 38.4 Å². The van der Waals surface area contributed by atoms with Crippen LogP contribution in [-0.2, 0) is 25.9 Å². The normalized spacial score (nSPS) is 21.8. The zero-order valence-electron chi connectivity index (χ0n) is 19.3. The van der Waals surface area contributed by atoms with Crippen LogP contribution in [0.4, 0.5) is 0 Å². The summed E-state index contributed by atoms with van der Waals surface area (Å²) in [6, 6.07) is 7.62. The number of fused-ring (bicyclic) bond motifs is 1. The topological polar surface area (TPSA) is 92.7 Å². The van der Waals surface area contributed by atoms with Gasteiger partial charge in [0.25, 0.3) is 0 Å². The van der Waals surface area contributed by atoms with Crippen molar-refractivity contribution in [1.29, 1.82) is 0 Å². The van der Waals surface area contributed by atoms with Gasteiger partial charge in [0.1, 0.15) is 10.9 Å². The molecule has 0 N–H and O–H groups in total. The number of thioether (sulfide) groups is 1. The minimum Gasteiger partial charge on any atom is -0.379 e. The number of aromatic nitrogens is 2. The molecule has 1 aromatic carbocycles. The van der Waals surface area contributed by atoms with Crippen LogP contribution in [0.5, 0.6) is 0 Å². The number of amides is 1. The maximum absolute atomic E-state index is 13.3. The first kappa shape index (κ1) is 24.4. The molecule has 0 spiro atoms. The Hall–Kier alpha value is -1.75. The van der Waals surface area contributed by atoms with Crippen LogP contribution in [0.3, 0.4) is 0 Å². The van der Waals surface area contributed by atoms with Crippen molar-refractivity contribution in [3.8, 4) is 0 Å². The second-order valence-electron chi connectivity index (χ2n) is 8.75. The fourth-order valence-electron chi connectivity index (χ4n) is 4.44. The molecule has 2 saturated heterocycles. The number of hydrogen-bond acceptors (Lipinski definition) is 8. The predicted molar refractivity (Wildman–Crippen MR) is 130 cm³/mol. The summed E-state index contributed by atoms with van der Waals surface area (Å²) in [5.74, 6) is 1.15. The van der Waals surface area contributed by atoms with Gasteiger partial charge in [0.2, 0.25) is 5.91 Å². The lowest BCUT2D eigenvalue weighted by Gasteiger charge is -2.33. The van der Waals surface area contributed by atoms with E-state index in [-0.39, 0.29) is 35.2 Å². The molecule has 0 radical (unpaired) electrons. The molecule has 4 rings (SSSR count). The summed E-state index contributed by atoms with van der Waals surface area (Å²) in [5.41, 5.74) is 0.867. The van der Waals surface area contributed by atoms with Crippen molar-refractivity contribution < 1.29 is 17.9 Å². The van der Waals surface area contributed by atoms with E-state index in [1.54, 1.807) is 4.90 Å². The lowest BCUT2D eigenvalue weighted by atomic mass is 10.1. The third-order valence-electron chi connectivity index (χ3n) is 6.37. The quantitative estimate of drug-likeness (QED) is 0.410. The molecule has 1 aromatic heterocycles. The lowest BCUT2D eigenvalue weighted by molar-refractivity contribution is -0.132. The molecule has 0 saturated carbocycles. The van der Waals surface area contributed by atoms with Crippen molar-refractivity contribution in [2.45, 2.75) is 50.3 Å². The minimum absolute atomic E-state index is 0.00424. The van der Waals surface area contributed by atoms with Gasteiger partial charge in [-0.05, 0) is 25.8 Å². The molecular formula is C23H32N4O4S2. The van der Waals surface area contributed by atoms with E-state index >= 15 is 0 Å². The second kappa shape index (κ2) is 10.7. The standard InChI is InChI=1S/C23H32N4O4S2/c1-3-17(2)27(18-8-13-33(29,30)16-18)22(28)15-32-23-19-6-4-5-7-20(19)24-21(25-23)14-26-9-11-31-12-10-26/h4-7,17-18H,3,8-16H2,1-2H3/t17-,18-/m0/s1. The summed E-state index contributed by atoms with van der Waals surface area (Å²) in [6.45, 7) is 7.80. The summed E-state index contributed by atoms with van der Waals surface area (Å²) >= 11 is 1.41. The number of nitrogens with zero attached hydrogens (tertiary/aromatic N) is 4. The number of sulfone groups is 1. The fraction of sp³-hybridized carbons (Fsp3) is 0.609. The van der Waals surface area contributed by atoms with E-state index in [4.69, 9.17) is 14.7 Å². The molecule has 0 bridgehead atoms. The highest BCUT2D eigenvalue weighted by Gasteiger charge is 2.36. The molecule has 2 atom stereocenters. The Morgan fingerprint density at radius 1 is 1.27 bits per heavy atom. The van der Waals surface area contributed by atoms with Gasteiger partial charge in [-0.25, -0.2) is 18.4 Å². The van der Waals surface area contributed by atoms with Crippen LogP contribution in [0.15, 0.2) is 29.3 Å². The number of carbonyl (C=O) groups excluding carboxylic acids is 1. The van der Waals surface area contributed by atoms with Gasteiger partial charge in [-0.15, -0.1) is 0 Å². The van der Waals surface area contributed by atoms with Gasteiger partial charge in [0, 0.05) is 30.6 Å². The van der Waals surface area contributed by atoms with Gasteiger partial charge in [0.05, 0.1) is 42.5 Å². The summed E-state index contributed by atoms with van der Waals surface area (Å²) < 4.78 is 29.5. The second-order valence-corrected chi connectivity index (χ2v) is 11.9. The highest BCUT2D eigenvalue weighted by molar-refractivity contribution is 8.00. The molecule has 0 unspecified atom stereocenters. The Morgan fingerprint density at radius 3 is 2.73 bits per heavy atom. The average Bonchev–Trinajstić information content (AvgIpc) is 3.17. The summed E-state index contributed by atoms with van der Waals surface area (Å²) in [6.07, 6.45) is 1.30. The van der Waals surface area contributed by atoms with E-state index in [2.05, 4.69) is 4.90 Å². The molecule has 33 heavy (non-hydrogen) atoms. The van der Waals surface area contributed by atoms with E-state index in [0.717, 1.165) is 41.3 Å². The molecule has 10 heteroatoms. The molecular weight excluding hydrogens is 460 g/mol. The van der Waals surface area contributed by atoms with E-state index in [1.807, 2.05) is 38.1 Å². The minimum atomic E-state index is -3.07. The first-order valence-corrected chi connectivity index (χ1v) is 14.4. The monoisotopic (exact) mass is 492 g/mol. The van der Waals surface area contributed by atoms with Crippen LogP contribution in [0.2, 0.25) is 0 Å². The molecule has 2 aliphatic rings. The number of para-hydroxylation sites is 1. The van der Waals surface area contributed by atoms with Crippen LogP contribution < -0.4 is 0 Å². The Labute approximate surface area is 200 Å². The first-order chi connectivity index (χ1) is 15.9. The lowest BCUT2D eigenvalue weighted by Crippen LogP contribution is -2.47. The van der Waals surface area contributed by atoms with Gasteiger partial charge < -0.3 is 9.64 Å². The van der Waals surface area contributed by atoms with Gasteiger partial charge in [0.15, 0.2) is 9.84 Å². The maximum Gasteiger partial charge on any atom is 0.233 e. The number of carbonyl (C=O) groups is 1. The molecule has 1 amide bonds. The number of morpholine rings is 1. The smallest absolute Gasteiger partial charge is 0.233 e. The summed E-state index contributed by atoms with van der Waals surface area (Å²) in [5, 5.41) is 1.72. The van der Waals surface area contributed by atoms with Crippen LogP contribution in [-0.4, -0.2) is 89.7 Å². The Kier molecular flexibility index (Phi) is 7.88. The van der Waals surface area contributed by atoms with E-state index in [0.29, 0.717) is 26.2 Å². The molecule has 2 fully saturated rings. The van der Waals surface area contributed by atoms with Crippen molar-refractivity contribution in [3.63, 3.8) is 0 Å². The Morgan fingerprint density at radius 2 is 2.03 bits per heavy atom. The number of benzene rings is 1. The third-order valence-corrected chi connectivity index (χ3v) is 9.10. The first-order valence-electron chi connectivity index (χ1n) is 11.6. The highest BCUT2D eigenvalue weighted by Crippen LogP contribution is 2.28. The van der Waals surface area contributed by atoms with Gasteiger partial charge in [-0.2, -0.15) is 0 Å². The molecule has 2 aromatic rings. The van der Waals surface area contributed by atoms with Gasteiger partial charge >= 0.3 is 0 Å². The SMILES string of the molecule is CC[C@H](C)N(C(=O)CSc1nc(CN2CCOCC2)nc2ccccc12)[C@H]1CCS(=O)(=O)C1. The van der Waals surface area contributed by atoms with Crippen molar-refractivity contribution in [2.75, 3.05) is 43.6 Å². The molecule has 2 aliphatic heterocycles. The Balaban J connectivity index is 1.52. The maximum atomic E-state index is 13.3. The van der Waals surface area contributed by atoms with Gasteiger partial charge in [-0.3, -0.25) is 9.69 Å². The Bertz CT molecular complexity index is 1090. The fourth-order valence-corrected chi connectivity index (χ4v) is 7.06. The zero-order chi connectivity index (χ0) is 23.4. The predicted octanol–water partition coefficient (Wildman–Crippen LogP) is 2.37. The van der Waals surface area contributed by atoms with Crippen molar-refractivity contribution in [3.05, 3.63) is 30.1 Å². The van der Waals surface area contributed by atoms with Crippen LogP contribution in [0.25, 0.3) is 10.9 Å². The van der Waals surface area contributed by atoms with E-state index in [1.165, 1.54) is 11.8 Å². The van der Waals surface area contributed by atoms with E-state index < -0.39 is 9.84 Å². The number of rotatable bonds is 8. The van der Waals surface area contributed by atoms with Crippen molar-refractivity contribution in [2.24, 2.45) is 0 Å². The van der Waals surface area contributed by atoms with Crippen molar-refractivity contribution in [1.82, 2.24) is 19.8 Å². The zero-order valence-corrected chi connectivity index (χ0v) is 20.9. The highest BCUT2D eigenvalue weighted by atomic mass is 32.2. The number of hydrogen-bond donors (Lipinski definition) is 0. The summed E-state index contributed by atoms with van der Waals surface area (Å²) in [7, 11) is -3.07. The molecule has 180 valence electrons. The largest absolute Gasteiger partial charge is 0.379 e. The average molecular weight is 493 g/mol. The van der Waals surface area contributed by atoms with Gasteiger partial charge in [-0.1, -0.05) is 36.9 Å². The summed E-state index contributed by atoms with van der Waals surface area (Å²) in [4.78, 5) is 26.9. The van der Waals surface area contributed by atoms with Crippen LogP contribution in [0, 0.1) is 0 Å². The van der Waals surface area contributed by atoms with E-state index in [9.17, 15) is 13.2 Å². The number of ether oxygens (including phenoxy) is 1.